The van der Waals surface area contributed by atoms with E-state index in [9.17, 15) is 23.2 Å². The molecular weight excluding hydrogens is 357 g/mol. The van der Waals surface area contributed by atoms with Crippen molar-refractivity contribution >= 4 is 11.6 Å². The first-order chi connectivity index (χ1) is 12.6. The minimum absolute atomic E-state index is 0.0985. The number of aromatic nitrogens is 1. The van der Waals surface area contributed by atoms with Crippen molar-refractivity contribution in [1.29, 1.82) is 5.26 Å². The number of rotatable bonds is 5. The van der Waals surface area contributed by atoms with Gasteiger partial charge in [0.25, 0.3) is 0 Å². The summed E-state index contributed by atoms with van der Waals surface area (Å²) in [5, 5.41) is 12.0. The van der Waals surface area contributed by atoms with Crippen LogP contribution >= 0.6 is 0 Å². The Kier molecular flexibility index (Phi) is 5.83. The first-order valence-corrected chi connectivity index (χ1v) is 8.68. The van der Waals surface area contributed by atoms with Crippen molar-refractivity contribution < 1.29 is 18.0 Å². The summed E-state index contributed by atoms with van der Waals surface area (Å²) in [6.45, 7) is 8.29. The average molecular weight is 380 g/mol. The van der Waals surface area contributed by atoms with Crippen LogP contribution in [-0.4, -0.2) is 41.1 Å². The zero-order valence-corrected chi connectivity index (χ0v) is 15.6. The molecule has 0 radical (unpaired) electrons. The number of halogens is 3. The number of hydrogen-bond acceptors (Lipinski definition) is 4. The van der Waals surface area contributed by atoms with E-state index < -0.39 is 30.1 Å². The number of amides is 1. The highest BCUT2D eigenvalue weighted by atomic mass is 19.4. The van der Waals surface area contributed by atoms with Gasteiger partial charge in [0.2, 0.25) is 5.91 Å². The molecule has 8 heteroatoms. The number of nitrogens with zero attached hydrogens (tertiary/aromatic N) is 3. The van der Waals surface area contributed by atoms with Crippen LogP contribution in [0.2, 0.25) is 0 Å². The molecule has 0 bridgehead atoms. The maximum Gasteiger partial charge on any atom is 0.395 e. The average Bonchev–Trinajstić information content (AvgIpc) is 3.04. The zero-order chi connectivity index (χ0) is 20.4. The monoisotopic (exact) mass is 380 g/mol. The molecule has 1 N–H and O–H groups in total. The zero-order valence-electron chi connectivity index (χ0n) is 15.6. The summed E-state index contributed by atoms with van der Waals surface area (Å²) in [5.74, 6) is -2.10. The SMILES string of the molecule is C=CC(C)(CC)C(=O)N1C[C@@H](C(F)(F)F)[C@H](Nc2cc(C)ncc2C#N)C1. The van der Waals surface area contributed by atoms with E-state index in [2.05, 4.69) is 16.9 Å². The van der Waals surface area contributed by atoms with Gasteiger partial charge in [0.15, 0.2) is 0 Å². The molecule has 146 valence electrons. The molecule has 1 aromatic heterocycles. The van der Waals surface area contributed by atoms with Gasteiger partial charge in [-0.25, -0.2) is 0 Å². The van der Waals surface area contributed by atoms with E-state index in [1.807, 2.05) is 6.07 Å². The molecule has 2 rings (SSSR count). The number of carbonyl (C=O) groups excluding carboxylic acids is 1. The van der Waals surface area contributed by atoms with E-state index in [0.29, 0.717) is 17.8 Å². The van der Waals surface area contributed by atoms with Crippen molar-refractivity contribution in [2.75, 3.05) is 18.4 Å². The minimum Gasteiger partial charge on any atom is -0.379 e. The minimum atomic E-state index is -4.47. The molecule has 0 aliphatic carbocycles. The number of alkyl halides is 3. The Morgan fingerprint density at radius 2 is 2.19 bits per heavy atom. The largest absolute Gasteiger partial charge is 0.395 e. The predicted molar refractivity (Wildman–Crippen MR) is 95.8 cm³/mol. The third-order valence-electron chi connectivity index (χ3n) is 5.20. The molecule has 1 aliphatic heterocycles. The highest BCUT2D eigenvalue weighted by molar-refractivity contribution is 5.84. The maximum absolute atomic E-state index is 13.6. The van der Waals surface area contributed by atoms with Crippen LogP contribution in [0.25, 0.3) is 0 Å². The lowest BCUT2D eigenvalue weighted by Gasteiger charge is -2.29. The van der Waals surface area contributed by atoms with Crippen LogP contribution < -0.4 is 5.32 Å². The Bertz CT molecular complexity index is 771. The maximum atomic E-state index is 13.6. The molecule has 1 aliphatic rings. The lowest BCUT2D eigenvalue weighted by atomic mass is 9.86. The van der Waals surface area contributed by atoms with Gasteiger partial charge in [0, 0.05) is 25.0 Å². The second kappa shape index (κ2) is 7.59. The van der Waals surface area contributed by atoms with Crippen molar-refractivity contribution in [3.05, 3.63) is 36.2 Å². The fourth-order valence-corrected chi connectivity index (χ4v) is 3.16. The van der Waals surface area contributed by atoms with Crippen molar-refractivity contribution in [2.24, 2.45) is 11.3 Å². The van der Waals surface area contributed by atoms with Crippen LogP contribution in [0.4, 0.5) is 18.9 Å². The number of aryl methyl sites for hydroxylation is 1. The Labute approximate surface area is 156 Å². The van der Waals surface area contributed by atoms with Crippen LogP contribution in [0.5, 0.6) is 0 Å². The van der Waals surface area contributed by atoms with Crippen molar-refractivity contribution in [1.82, 2.24) is 9.88 Å². The topological polar surface area (TPSA) is 69.0 Å². The molecule has 1 saturated heterocycles. The molecule has 0 aromatic carbocycles. The molecule has 2 heterocycles. The van der Waals surface area contributed by atoms with Crippen LogP contribution in [0.1, 0.15) is 31.5 Å². The Balaban J connectivity index is 2.32. The highest BCUT2D eigenvalue weighted by Crippen LogP contribution is 2.38. The third kappa shape index (κ3) is 4.24. The third-order valence-corrected chi connectivity index (χ3v) is 5.20. The number of hydrogen-bond donors (Lipinski definition) is 1. The molecule has 3 atom stereocenters. The molecule has 1 fully saturated rings. The number of carbonyl (C=O) groups is 1. The van der Waals surface area contributed by atoms with Gasteiger partial charge in [-0.2, -0.15) is 18.4 Å². The number of pyridine rings is 1. The van der Waals surface area contributed by atoms with E-state index >= 15 is 0 Å². The van der Waals surface area contributed by atoms with E-state index in [1.54, 1.807) is 20.8 Å². The number of nitrogens with one attached hydrogen (secondary N) is 1. The summed E-state index contributed by atoms with van der Waals surface area (Å²) in [7, 11) is 0. The lowest BCUT2D eigenvalue weighted by molar-refractivity contribution is -0.173. The van der Waals surface area contributed by atoms with Gasteiger partial charge in [-0.15, -0.1) is 6.58 Å². The summed E-state index contributed by atoms with van der Waals surface area (Å²) in [6, 6.07) is 2.42. The van der Waals surface area contributed by atoms with Crippen LogP contribution in [0, 0.1) is 29.6 Å². The summed E-state index contributed by atoms with van der Waals surface area (Å²) < 4.78 is 40.8. The predicted octanol–water partition coefficient (Wildman–Crippen LogP) is 3.67. The molecule has 27 heavy (non-hydrogen) atoms. The molecule has 1 unspecified atom stereocenters. The molecule has 1 aromatic rings. The number of likely N-dealkylation sites (tertiary alicyclic amines) is 1. The van der Waals surface area contributed by atoms with E-state index in [4.69, 9.17) is 0 Å². The van der Waals surface area contributed by atoms with Gasteiger partial charge in [0.05, 0.1) is 28.6 Å². The number of anilines is 1. The summed E-state index contributed by atoms with van der Waals surface area (Å²) in [4.78, 5) is 18.0. The first kappa shape index (κ1) is 20.7. The van der Waals surface area contributed by atoms with E-state index in [0.717, 1.165) is 0 Å². The number of nitriles is 1. The van der Waals surface area contributed by atoms with Crippen molar-refractivity contribution in [3.63, 3.8) is 0 Å². The van der Waals surface area contributed by atoms with Gasteiger partial charge in [-0.1, -0.05) is 13.0 Å². The fourth-order valence-electron chi connectivity index (χ4n) is 3.16. The second-order valence-electron chi connectivity index (χ2n) is 7.07. The molecule has 0 saturated carbocycles. The highest BCUT2D eigenvalue weighted by Gasteiger charge is 2.52. The van der Waals surface area contributed by atoms with Gasteiger partial charge < -0.3 is 10.2 Å². The van der Waals surface area contributed by atoms with Gasteiger partial charge in [-0.05, 0) is 26.3 Å². The van der Waals surface area contributed by atoms with Crippen LogP contribution in [-0.2, 0) is 4.79 Å². The van der Waals surface area contributed by atoms with Crippen LogP contribution in [0.3, 0.4) is 0 Å². The summed E-state index contributed by atoms with van der Waals surface area (Å²) >= 11 is 0. The lowest BCUT2D eigenvalue weighted by Crippen LogP contribution is -2.41. The van der Waals surface area contributed by atoms with Crippen molar-refractivity contribution in [3.8, 4) is 6.07 Å². The van der Waals surface area contributed by atoms with E-state index in [1.165, 1.54) is 23.2 Å². The first-order valence-electron chi connectivity index (χ1n) is 8.68. The Morgan fingerprint density at radius 3 is 2.70 bits per heavy atom. The molecular formula is C19H23F3N4O. The smallest absolute Gasteiger partial charge is 0.379 e. The summed E-state index contributed by atoms with van der Waals surface area (Å²) in [6.07, 6.45) is -1.22. The quantitative estimate of drug-likeness (QED) is 0.792. The van der Waals surface area contributed by atoms with E-state index in [-0.39, 0.29) is 18.0 Å². The normalized spacial score (nSPS) is 22.0. The van der Waals surface area contributed by atoms with Gasteiger partial charge >= 0.3 is 6.18 Å². The van der Waals surface area contributed by atoms with Crippen molar-refractivity contribution in [2.45, 2.75) is 39.4 Å². The fraction of sp³-hybridized carbons (Fsp3) is 0.526. The molecule has 0 spiro atoms. The Morgan fingerprint density at radius 1 is 1.52 bits per heavy atom. The molecule has 1 amide bonds. The van der Waals surface area contributed by atoms with Crippen LogP contribution in [0.15, 0.2) is 24.9 Å². The summed E-state index contributed by atoms with van der Waals surface area (Å²) in [5.41, 5.74) is 0.128. The van der Waals surface area contributed by atoms with Gasteiger partial charge in [0.1, 0.15) is 6.07 Å². The molecule has 5 nitrogen and oxygen atoms in total. The Hall–Kier alpha value is -2.56. The standard InChI is InChI=1S/C19H23F3N4O/c1-5-18(4,6-2)17(27)26-10-14(19(20,21)22)16(11-26)25-15-7-12(3)24-9-13(15)8-23/h5,7,9,14,16H,1,6,10-11H2,2-4H3,(H,24,25)/t14-,16-,18?/m1/s1. The van der Waals surface area contributed by atoms with Gasteiger partial charge in [-0.3, -0.25) is 9.78 Å². The second-order valence-corrected chi connectivity index (χ2v) is 7.07.